The molecule has 0 saturated carbocycles. The molecule has 1 aliphatic heterocycles. The van der Waals surface area contributed by atoms with E-state index in [-0.39, 0.29) is 28.7 Å². The second-order valence-electron chi connectivity index (χ2n) is 8.17. The number of nitrogens with zero attached hydrogens (tertiary/aromatic N) is 4. The Kier molecular flexibility index (Phi) is 6.65. The molecule has 1 amide bonds. The molecule has 166 valence electrons. The largest absolute Gasteiger partial charge is 0.366 e. The molecule has 1 aromatic carbocycles. The van der Waals surface area contributed by atoms with Gasteiger partial charge in [0.1, 0.15) is 0 Å². The fourth-order valence-electron chi connectivity index (χ4n) is 4.18. The molecule has 3 aromatic rings. The average molecular weight is 454 g/mol. The van der Waals surface area contributed by atoms with E-state index in [0.29, 0.717) is 30.0 Å². The maximum atomic E-state index is 14.2. The van der Waals surface area contributed by atoms with Gasteiger partial charge in [0.15, 0.2) is 17.5 Å². The van der Waals surface area contributed by atoms with Crippen molar-refractivity contribution in [2.75, 3.05) is 18.4 Å². The number of hydrogen-bond donors (Lipinski definition) is 1. The number of pyridine rings is 1. The summed E-state index contributed by atoms with van der Waals surface area (Å²) in [7, 11) is 0. The number of carbonyl (C=O) groups is 1. The van der Waals surface area contributed by atoms with E-state index in [0.717, 1.165) is 18.4 Å². The Bertz CT molecular complexity index is 1110. The topological polar surface area (TPSA) is 71.0 Å². The van der Waals surface area contributed by atoms with Crippen LogP contribution >= 0.6 is 11.6 Å². The summed E-state index contributed by atoms with van der Waals surface area (Å²) in [6, 6.07) is 8.59. The lowest BCUT2D eigenvalue weighted by Crippen LogP contribution is -2.51. The van der Waals surface area contributed by atoms with Crippen LogP contribution in [0, 0.1) is 18.7 Å². The van der Waals surface area contributed by atoms with Crippen molar-refractivity contribution in [1.29, 1.82) is 0 Å². The van der Waals surface area contributed by atoms with Gasteiger partial charge in [-0.25, -0.2) is 19.3 Å². The molecule has 1 fully saturated rings. The Hall–Kier alpha value is -3.06. The fraction of sp³-hybridized carbons (Fsp3) is 0.333. The normalized spacial score (nSPS) is 18.4. The summed E-state index contributed by atoms with van der Waals surface area (Å²) >= 11 is 5.81. The third-order valence-corrected chi connectivity index (χ3v) is 6.08. The van der Waals surface area contributed by atoms with Gasteiger partial charge in [0.25, 0.3) is 5.91 Å². The summed E-state index contributed by atoms with van der Waals surface area (Å²) in [6.45, 7) is 5.10. The number of likely N-dealkylation sites (tertiary alicyclic amines) is 1. The molecular weight excluding hydrogens is 429 g/mol. The summed E-state index contributed by atoms with van der Waals surface area (Å²) in [5.74, 6) is 0.313. The van der Waals surface area contributed by atoms with Crippen LogP contribution in [-0.4, -0.2) is 44.9 Å². The molecule has 0 aliphatic carbocycles. The molecule has 2 aromatic heterocycles. The van der Waals surface area contributed by atoms with Gasteiger partial charge in [0.05, 0.1) is 16.6 Å². The van der Waals surface area contributed by atoms with Gasteiger partial charge in [-0.15, -0.1) is 0 Å². The Balaban J connectivity index is 1.62. The predicted octanol–water partition coefficient (Wildman–Crippen LogP) is 4.99. The number of rotatable bonds is 5. The third-order valence-electron chi connectivity index (χ3n) is 5.88. The Morgan fingerprint density at radius 2 is 2.03 bits per heavy atom. The van der Waals surface area contributed by atoms with Gasteiger partial charge < -0.3 is 10.2 Å². The van der Waals surface area contributed by atoms with E-state index >= 15 is 0 Å². The molecule has 3 heterocycles. The molecule has 32 heavy (non-hydrogen) atoms. The standard InChI is InChI=1S/C24H25ClFN5O/c1-15-6-7-18(22-27-8-4-9-28-22)19(11-15)24(32)31-10-3-5-16(2)21(31)14-30-23-20(26)12-17(25)13-29-23/h4,6-9,11-13,16,21H,3,5,10,14H2,1-2H3,(H,29,30). The minimum absolute atomic E-state index is 0.0703. The van der Waals surface area contributed by atoms with Crippen LogP contribution in [0.2, 0.25) is 5.02 Å². The first-order valence-electron chi connectivity index (χ1n) is 10.7. The second-order valence-corrected chi connectivity index (χ2v) is 8.61. The van der Waals surface area contributed by atoms with Crippen molar-refractivity contribution in [1.82, 2.24) is 19.9 Å². The van der Waals surface area contributed by atoms with Crippen LogP contribution < -0.4 is 5.32 Å². The first-order chi connectivity index (χ1) is 15.4. The van der Waals surface area contributed by atoms with Crippen molar-refractivity contribution in [2.24, 2.45) is 5.92 Å². The van der Waals surface area contributed by atoms with Crippen LogP contribution in [0.25, 0.3) is 11.4 Å². The SMILES string of the molecule is Cc1ccc(-c2ncccn2)c(C(=O)N2CCCC(C)C2CNc2ncc(Cl)cc2F)c1. The summed E-state index contributed by atoms with van der Waals surface area (Å²) in [4.78, 5) is 28.4. The molecule has 6 nitrogen and oxygen atoms in total. The van der Waals surface area contributed by atoms with E-state index in [4.69, 9.17) is 11.6 Å². The van der Waals surface area contributed by atoms with Crippen LogP contribution in [0.4, 0.5) is 10.2 Å². The van der Waals surface area contributed by atoms with Gasteiger partial charge in [0.2, 0.25) is 0 Å². The molecule has 1 N–H and O–H groups in total. The maximum absolute atomic E-state index is 14.2. The van der Waals surface area contributed by atoms with Gasteiger partial charge in [-0.3, -0.25) is 4.79 Å². The van der Waals surface area contributed by atoms with E-state index in [1.807, 2.05) is 30.0 Å². The van der Waals surface area contributed by atoms with Gasteiger partial charge in [-0.1, -0.05) is 36.2 Å². The van der Waals surface area contributed by atoms with E-state index in [2.05, 4.69) is 27.2 Å². The molecule has 1 aliphatic rings. The first-order valence-corrected chi connectivity index (χ1v) is 11.1. The number of hydrogen-bond acceptors (Lipinski definition) is 5. The van der Waals surface area contributed by atoms with E-state index < -0.39 is 5.82 Å². The molecule has 0 radical (unpaired) electrons. The third kappa shape index (κ3) is 4.72. The highest BCUT2D eigenvalue weighted by Crippen LogP contribution is 2.29. The number of halogens is 2. The monoisotopic (exact) mass is 453 g/mol. The van der Waals surface area contributed by atoms with Gasteiger partial charge >= 0.3 is 0 Å². The van der Waals surface area contributed by atoms with Crippen molar-refractivity contribution < 1.29 is 9.18 Å². The van der Waals surface area contributed by atoms with Crippen LogP contribution in [0.15, 0.2) is 48.9 Å². The van der Waals surface area contributed by atoms with Gasteiger partial charge in [-0.2, -0.15) is 0 Å². The quantitative estimate of drug-likeness (QED) is 0.589. The maximum Gasteiger partial charge on any atom is 0.254 e. The van der Waals surface area contributed by atoms with E-state index in [1.165, 1.54) is 12.3 Å². The lowest BCUT2D eigenvalue weighted by atomic mass is 9.89. The van der Waals surface area contributed by atoms with Crippen LogP contribution in [0.1, 0.15) is 35.7 Å². The van der Waals surface area contributed by atoms with Crippen molar-refractivity contribution in [3.05, 3.63) is 70.9 Å². The zero-order chi connectivity index (χ0) is 22.7. The molecule has 2 atom stereocenters. The minimum Gasteiger partial charge on any atom is -0.366 e. The highest BCUT2D eigenvalue weighted by atomic mass is 35.5. The lowest BCUT2D eigenvalue weighted by Gasteiger charge is -2.40. The van der Waals surface area contributed by atoms with Gasteiger partial charge in [-0.05, 0) is 43.9 Å². The second kappa shape index (κ2) is 9.61. The first kappa shape index (κ1) is 22.1. The lowest BCUT2D eigenvalue weighted by molar-refractivity contribution is 0.0540. The van der Waals surface area contributed by atoms with E-state index in [1.54, 1.807) is 18.5 Å². The number of carbonyl (C=O) groups excluding carboxylic acids is 1. The van der Waals surface area contributed by atoms with Crippen LogP contribution in [0.5, 0.6) is 0 Å². The Morgan fingerprint density at radius 3 is 2.78 bits per heavy atom. The van der Waals surface area contributed by atoms with E-state index in [9.17, 15) is 9.18 Å². The summed E-state index contributed by atoms with van der Waals surface area (Å²) < 4.78 is 14.2. The summed E-state index contributed by atoms with van der Waals surface area (Å²) in [5, 5.41) is 3.31. The number of nitrogens with one attached hydrogen (secondary N) is 1. The Labute approximate surface area is 191 Å². The Morgan fingerprint density at radius 1 is 1.25 bits per heavy atom. The van der Waals surface area contributed by atoms with Crippen molar-refractivity contribution in [3.8, 4) is 11.4 Å². The van der Waals surface area contributed by atoms with Crippen molar-refractivity contribution in [2.45, 2.75) is 32.7 Å². The number of amides is 1. The smallest absolute Gasteiger partial charge is 0.254 e. The molecule has 0 bridgehead atoms. The van der Waals surface area contributed by atoms with Gasteiger partial charge in [0, 0.05) is 37.2 Å². The fourth-order valence-corrected chi connectivity index (χ4v) is 4.33. The van der Waals surface area contributed by atoms with Crippen LogP contribution in [-0.2, 0) is 0 Å². The molecular formula is C24H25ClFN5O. The number of anilines is 1. The summed E-state index contributed by atoms with van der Waals surface area (Å²) in [6.07, 6.45) is 6.65. The number of piperidine rings is 1. The highest BCUT2D eigenvalue weighted by molar-refractivity contribution is 6.30. The number of aryl methyl sites for hydroxylation is 1. The zero-order valence-electron chi connectivity index (χ0n) is 18.1. The van der Waals surface area contributed by atoms with Crippen molar-refractivity contribution >= 4 is 23.3 Å². The predicted molar refractivity (Wildman–Crippen MR) is 123 cm³/mol. The minimum atomic E-state index is -0.513. The average Bonchev–Trinajstić information content (AvgIpc) is 2.79. The summed E-state index contributed by atoms with van der Waals surface area (Å²) in [5.41, 5.74) is 2.27. The number of aromatic nitrogens is 3. The molecule has 0 spiro atoms. The highest BCUT2D eigenvalue weighted by Gasteiger charge is 2.33. The number of benzene rings is 1. The zero-order valence-corrected chi connectivity index (χ0v) is 18.8. The van der Waals surface area contributed by atoms with Crippen molar-refractivity contribution in [3.63, 3.8) is 0 Å². The van der Waals surface area contributed by atoms with Crippen LogP contribution in [0.3, 0.4) is 0 Å². The molecule has 1 saturated heterocycles. The molecule has 2 unspecified atom stereocenters. The molecule has 4 rings (SSSR count). The molecule has 8 heteroatoms.